The molecule has 1 aromatic rings. The Morgan fingerprint density at radius 1 is 1.60 bits per heavy atom. The highest BCUT2D eigenvalue weighted by atomic mass is 79.9. The molecule has 5 nitrogen and oxygen atoms in total. The van der Waals surface area contributed by atoms with Crippen LogP contribution < -0.4 is 16.0 Å². The number of nitrogens with one attached hydrogen (secondary N) is 1. The third-order valence-corrected chi connectivity index (χ3v) is 3.24. The minimum Gasteiger partial charge on any atom is -0.370 e. The van der Waals surface area contributed by atoms with Gasteiger partial charge in [-0.1, -0.05) is 18.1 Å². The monoisotopic (exact) mass is 336 g/mol. The van der Waals surface area contributed by atoms with Gasteiger partial charge >= 0.3 is 6.03 Å². The van der Waals surface area contributed by atoms with Crippen molar-refractivity contribution in [1.29, 1.82) is 0 Å². The molecule has 0 aliphatic heterocycles. The van der Waals surface area contributed by atoms with Gasteiger partial charge in [0.05, 0.1) is 5.69 Å². The van der Waals surface area contributed by atoms with Crippen LogP contribution in [0.25, 0.3) is 0 Å². The number of terminal acetylenes is 1. The molecule has 0 atom stereocenters. The number of aliphatic imine (C=N–C) groups is 1. The molecule has 0 heterocycles. The number of amides is 2. The molecule has 0 aromatic heterocycles. The van der Waals surface area contributed by atoms with Gasteiger partial charge in [-0.15, -0.1) is 6.42 Å². The number of carbonyl (C=O) groups excluding carboxylic acids is 1. The first kappa shape index (κ1) is 16.1. The summed E-state index contributed by atoms with van der Waals surface area (Å²) in [5.41, 5.74) is 7.38. The Kier molecular flexibility index (Phi) is 6.07. The minimum absolute atomic E-state index is 0.0103. The number of carbonyl (C=O) groups is 1. The van der Waals surface area contributed by atoms with Gasteiger partial charge in [0, 0.05) is 11.0 Å². The van der Waals surface area contributed by atoms with Gasteiger partial charge in [-0.25, -0.2) is 9.79 Å². The fourth-order valence-electron chi connectivity index (χ4n) is 1.72. The van der Waals surface area contributed by atoms with Gasteiger partial charge in [0.25, 0.3) is 0 Å². The molecule has 20 heavy (non-hydrogen) atoms. The van der Waals surface area contributed by atoms with Gasteiger partial charge in [0.15, 0.2) is 5.96 Å². The zero-order valence-corrected chi connectivity index (χ0v) is 13.1. The number of hydrogen-bond donors (Lipinski definition) is 2. The Hall–Kier alpha value is -2.00. The summed E-state index contributed by atoms with van der Waals surface area (Å²) in [5, 5.41) is 2.52. The van der Waals surface area contributed by atoms with Crippen LogP contribution >= 0.6 is 15.9 Å². The largest absolute Gasteiger partial charge is 0.370 e. The lowest BCUT2D eigenvalue weighted by Crippen LogP contribution is -2.46. The molecular weight excluding hydrogens is 320 g/mol. The number of nitrogens with two attached hydrogens (primary N) is 1. The molecule has 0 aliphatic carbocycles. The van der Waals surface area contributed by atoms with Gasteiger partial charge in [-0.2, -0.15) is 0 Å². The van der Waals surface area contributed by atoms with Crippen LogP contribution in [0, 0.1) is 19.3 Å². The number of urea groups is 1. The summed E-state index contributed by atoms with van der Waals surface area (Å²) < 4.78 is 0.841. The first-order valence-corrected chi connectivity index (χ1v) is 6.87. The fourth-order valence-corrected chi connectivity index (χ4v) is 2.39. The second-order valence-electron chi connectivity index (χ2n) is 3.99. The molecule has 3 N–H and O–H groups in total. The highest BCUT2D eigenvalue weighted by Gasteiger charge is 2.18. The second kappa shape index (κ2) is 7.56. The molecule has 2 amide bonds. The fraction of sp³-hybridized carbons (Fsp3) is 0.286. The maximum Gasteiger partial charge on any atom is 0.328 e. The highest BCUT2D eigenvalue weighted by Crippen LogP contribution is 2.29. The van der Waals surface area contributed by atoms with Crippen LogP contribution in [0.15, 0.2) is 27.7 Å². The molecule has 0 unspecified atom stereocenters. The number of rotatable bonds is 3. The van der Waals surface area contributed by atoms with E-state index in [4.69, 9.17) is 12.2 Å². The summed E-state index contributed by atoms with van der Waals surface area (Å²) in [4.78, 5) is 17.6. The third-order valence-electron chi connectivity index (χ3n) is 2.60. The standard InChI is InChI=1S/C14H17BrN4O/c1-4-9-17-13(16)18-14(20)19(5-2)12-10(3)7-6-8-11(12)15/h1,6-8H,5,9H2,2-3H3,(H3,16,17,18,20). The van der Waals surface area contributed by atoms with E-state index in [2.05, 4.69) is 32.2 Å². The number of hydrogen-bond acceptors (Lipinski definition) is 2. The number of halogens is 1. The quantitative estimate of drug-likeness (QED) is 0.504. The zero-order valence-electron chi connectivity index (χ0n) is 11.5. The van der Waals surface area contributed by atoms with Gasteiger partial charge in [-0.3, -0.25) is 10.2 Å². The van der Waals surface area contributed by atoms with Crippen molar-refractivity contribution in [3.8, 4) is 12.3 Å². The maximum atomic E-state index is 12.2. The lowest BCUT2D eigenvalue weighted by Gasteiger charge is -2.24. The van der Waals surface area contributed by atoms with Crippen LogP contribution in [0.3, 0.4) is 0 Å². The molecule has 6 heteroatoms. The first-order valence-electron chi connectivity index (χ1n) is 6.08. The van der Waals surface area contributed by atoms with Crippen LogP contribution in [-0.4, -0.2) is 25.1 Å². The molecule has 0 radical (unpaired) electrons. The Morgan fingerprint density at radius 2 is 2.30 bits per heavy atom. The van der Waals surface area contributed by atoms with E-state index in [1.54, 1.807) is 4.90 Å². The summed E-state index contributed by atoms with van der Waals surface area (Å²) in [6.45, 7) is 4.45. The Bertz CT molecular complexity index is 543. The minimum atomic E-state index is -0.347. The summed E-state index contributed by atoms with van der Waals surface area (Å²) in [6, 6.07) is 5.39. The molecule has 0 aliphatic rings. The molecule has 0 bridgehead atoms. The van der Waals surface area contributed by atoms with Crippen LogP contribution in [0.1, 0.15) is 12.5 Å². The van der Waals surface area contributed by atoms with Gasteiger partial charge in [0.1, 0.15) is 6.54 Å². The number of nitrogens with zero attached hydrogens (tertiary/aromatic N) is 2. The average Bonchev–Trinajstić information content (AvgIpc) is 2.40. The summed E-state index contributed by atoms with van der Waals surface area (Å²) in [7, 11) is 0. The van der Waals surface area contributed by atoms with Crippen LogP contribution in [0.5, 0.6) is 0 Å². The predicted octanol–water partition coefficient (Wildman–Crippen LogP) is 2.24. The van der Waals surface area contributed by atoms with E-state index in [0.29, 0.717) is 6.54 Å². The van der Waals surface area contributed by atoms with E-state index in [9.17, 15) is 4.79 Å². The van der Waals surface area contributed by atoms with E-state index >= 15 is 0 Å². The lowest BCUT2D eigenvalue weighted by atomic mass is 10.2. The smallest absolute Gasteiger partial charge is 0.328 e. The molecule has 0 spiro atoms. The van der Waals surface area contributed by atoms with Gasteiger partial charge in [-0.05, 0) is 41.4 Å². The van der Waals surface area contributed by atoms with Crippen molar-refractivity contribution >= 4 is 33.6 Å². The Morgan fingerprint density at radius 3 is 2.85 bits per heavy atom. The van der Waals surface area contributed by atoms with Crippen molar-refractivity contribution in [3.05, 3.63) is 28.2 Å². The third kappa shape index (κ3) is 4.00. The van der Waals surface area contributed by atoms with Gasteiger partial charge in [0.2, 0.25) is 0 Å². The average molecular weight is 337 g/mol. The van der Waals surface area contributed by atoms with Crippen LogP contribution in [-0.2, 0) is 0 Å². The Balaban J connectivity index is 2.97. The molecular formula is C14H17BrN4O. The van der Waals surface area contributed by atoms with Crippen molar-refractivity contribution in [2.45, 2.75) is 13.8 Å². The number of aryl methyl sites for hydroxylation is 1. The van der Waals surface area contributed by atoms with E-state index in [0.717, 1.165) is 15.7 Å². The van der Waals surface area contributed by atoms with E-state index in [1.807, 2.05) is 32.0 Å². The molecule has 0 fully saturated rings. The molecule has 0 saturated carbocycles. The van der Waals surface area contributed by atoms with Crippen LogP contribution in [0.2, 0.25) is 0 Å². The first-order chi connectivity index (χ1) is 9.51. The number of para-hydroxylation sites is 1. The van der Waals surface area contributed by atoms with Crippen molar-refractivity contribution in [3.63, 3.8) is 0 Å². The summed E-state index contributed by atoms with van der Waals surface area (Å²) >= 11 is 3.46. The molecule has 0 saturated heterocycles. The van der Waals surface area contributed by atoms with Crippen molar-refractivity contribution < 1.29 is 4.79 Å². The van der Waals surface area contributed by atoms with Crippen molar-refractivity contribution in [2.24, 2.45) is 10.7 Å². The Labute approximate surface area is 127 Å². The summed E-state index contributed by atoms with van der Waals surface area (Å²) in [6.07, 6.45) is 5.08. The van der Waals surface area contributed by atoms with E-state index in [-0.39, 0.29) is 18.5 Å². The number of guanidine groups is 1. The zero-order chi connectivity index (χ0) is 15.1. The normalized spacial score (nSPS) is 10.8. The van der Waals surface area contributed by atoms with Crippen molar-refractivity contribution in [2.75, 3.05) is 18.0 Å². The van der Waals surface area contributed by atoms with Gasteiger partial charge < -0.3 is 5.73 Å². The van der Waals surface area contributed by atoms with E-state index < -0.39 is 0 Å². The summed E-state index contributed by atoms with van der Waals surface area (Å²) in [5.74, 6) is 2.34. The number of anilines is 1. The molecule has 1 aromatic carbocycles. The molecule has 1 rings (SSSR count). The van der Waals surface area contributed by atoms with E-state index in [1.165, 1.54) is 0 Å². The second-order valence-corrected chi connectivity index (χ2v) is 4.84. The maximum absolute atomic E-state index is 12.2. The van der Waals surface area contributed by atoms with Crippen LogP contribution in [0.4, 0.5) is 10.5 Å². The lowest BCUT2D eigenvalue weighted by molar-refractivity contribution is 0.250. The topological polar surface area (TPSA) is 70.7 Å². The number of benzene rings is 1. The SMILES string of the molecule is C#CCN=C(N)NC(=O)N(CC)c1c(C)cccc1Br. The predicted molar refractivity (Wildman–Crippen MR) is 85.8 cm³/mol. The highest BCUT2D eigenvalue weighted by molar-refractivity contribution is 9.10. The molecule has 106 valence electrons. The van der Waals surface area contributed by atoms with Crippen molar-refractivity contribution in [1.82, 2.24) is 5.32 Å².